The highest BCUT2D eigenvalue weighted by molar-refractivity contribution is 7.14. The average Bonchev–Trinajstić information content (AvgIpc) is 2.83. The van der Waals surface area contributed by atoms with Gasteiger partial charge in [-0.2, -0.15) is 0 Å². The fourth-order valence-corrected chi connectivity index (χ4v) is 2.32. The monoisotopic (exact) mass is 266 g/mol. The zero-order valence-corrected chi connectivity index (χ0v) is 11.0. The Hall–Kier alpha value is -1.40. The van der Waals surface area contributed by atoms with Crippen molar-refractivity contribution >= 4 is 11.3 Å². The molecule has 0 saturated heterocycles. The van der Waals surface area contributed by atoms with Crippen molar-refractivity contribution in [3.05, 3.63) is 29.3 Å². The fraction of sp³-hybridized carbons (Fsp3) is 0.417. The van der Waals surface area contributed by atoms with Crippen molar-refractivity contribution in [2.75, 3.05) is 13.1 Å². The predicted molar refractivity (Wildman–Crippen MR) is 70.0 cm³/mol. The van der Waals surface area contributed by atoms with Crippen LogP contribution in [0.1, 0.15) is 18.4 Å². The molecule has 2 aromatic heterocycles. The zero-order chi connectivity index (χ0) is 12.8. The lowest BCUT2D eigenvalue weighted by Gasteiger charge is -1.98. The van der Waals surface area contributed by atoms with Crippen LogP contribution < -0.4 is 5.32 Å². The summed E-state index contributed by atoms with van der Waals surface area (Å²) in [6, 6.07) is 1.42. The number of aromatic nitrogens is 3. The van der Waals surface area contributed by atoms with Crippen LogP contribution in [-0.2, 0) is 6.42 Å². The highest BCUT2D eigenvalue weighted by atomic mass is 32.1. The van der Waals surface area contributed by atoms with E-state index in [0.717, 1.165) is 30.9 Å². The molecule has 96 valence electrons. The maximum absolute atomic E-state index is 13.0. The first kappa shape index (κ1) is 13.0. The molecule has 2 rings (SSSR count). The van der Waals surface area contributed by atoms with Crippen molar-refractivity contribution in [2.24, 2.45) is 0 Å². The number of halogens is 1. The van der Waals surface area contributed by atoms with Crippen LogP contribution in [0.2, 0.25) is 0 Å². The lowest BCUT2D eigenvalue weighted by Crippen LogP contribution is -2.17. The van der Waals surface area contributed by atoms with Gasteiger partial charge in [-0.25, -0.2) is 4.39 Å². The Morgan fingerprint density at radius 2 is 2.17 bits per heavy atom. The Bertz CT molecular complexity index is 500. The maximum Gasteiger partial charge on any atom is 0.149 e. The summed E-state index contributed by atoms with van der Waals surface area (Å²) in [5, 5.41) is 13.1. The Labute approximate surface area is 109 Å². The average molecular weight is 266 g/mol. The first-order chi connectivity index (χ1) is 8.79. The summed E-state index contributed by atoms with van der Waals surface area (Å²) in [5.41, 5.74) is 0.681. The molecule has 6 heteroatoms. The van der Waals surface area contributed by atoms with Gasteiger partial charge in [-0.05, 0) is 19.0 Å². The summed E-state index contributed by atoms with van der Waals surface area (Å²) < 4.78 is 13.0. The van der Waals surface area contributed by atoms with Gasteiger partial charge in [0.1, 0.15) is 15.8 Å². The second kappa shape index (κ2) is 6.51. The number of nitrogens with zero attached hydrogens (tertiary/aromatic N) is 3. The second-order valence-electron chi connectivity index (χ2n) is 3.89. The van der Waals surface area contributed by atoms with Gasteiger partial charge in [-0.3, -0.25) is 4.98 Å². The van der Waals surface area contributed by atoms with E-state index in [0.29, 0.717) is 10.6 Å². The molecular formula is C12H15FN4S. The largest absolute Gasteiger partial charge is 0.316 e. The number of pyridine rings is 1. The molecule has 18 heavy (non-hydrogen) atoms. The molecule has 0 aliphatic rings. The maximum atomic E-state index is 13.0. The van der Waals surface area contributed by atoms with Crippen molar-refractivity contribution in [2.45, 2.75) is 19.8 Å². The fourth-order valence-electron chi connectivity index (χ4n) is 1.50. The third-order valence-electron chi connectivity index (χ3n) is 2.36. The molecule has 0 amide bonds. The van der Waals surface area contributed by atoms with Crippen molar-refractivity contribution in [3.63, 3.8) is 0 Å². The standard InChI is InChI=1S/C12H15FN4S/c1-2-4-14-5-3-11-16-17-12(18-11)9-6-10(13)8-15-7-9/h6-8,14H,2-5H2,1H3. The van der Waals surface area contributed by atoms with Gasteiger partial charge in [-0.15, -0.1) is 10.2 Å². The SMILES string of the molecule is CCCNCCc1nnc(-c2cncc(F)c2)s1. The molecule has 0 saturated carbocycles. The van der Waals surface area contributed by atoms with E-state index in [1.165, 1.54) is 23.6 Å². The number of hydrogen-bond donors (Lipinski definition) is 1. The second-order valence-corrected chi connectivity index (χ2v) is 4.95. The third kappa shape index (κ3) is 3.54. The first-order valence-electron chi connectivity index (χ1n) is 5.93. The Balaban J connectivity index is 1.97. The van der Waals surface area contributed by atoms with E-state index in [-0.39, 0.29) is 5.82 Å². The quantitative estimate of drug-likeness (QED) is 0.815. The lowest BCUT2D eigenvalue weighted by molar-refractivity contribution is 0.622. The minimum atomic E-state index is -0.353. The normalized spacial score (nSPS) is 10.8. The van der Waals surface area contributed by atoms with Crippen LogP contribution in [0.25, 0.3) is 10.6 Å². The summed E-state index contributed by atoms with van der Waals surface area (Å²) in [6.45, 7) is 4.04. The van der Waals surface area contributed by atoms with Gasteiger partial charge >= 0.3 is 0 Å². The van der Waals surface area contributed by atoms with Crippen LogP contribution in [0, 0.1) is 5.82 Å². The summed E-state index contributed by atoms with van der Waals surface area (Å²) in [6.07, 6.45) is 4.75. The Morgan fingerprint density at radius 3 is 2.94 bits per heavy atom. The van der Waals surface area contributed by atoms with Gasteiger partial charge in [0.25, 0.3) is 0 Å². The van der Waals surface area contributed by atoms with Gasteiger partial charge in [0.2, 0.25) is 0 Å². The minimum absolute atomic E-state index is 0.353. The third-order valence-corrected chi connectivity index (χ3v) is 3.39. The van der Waals surface area contributed by atoms with Crippen molar-refractivity contribution in [3.8, 4) is 10.6 Å². The lowest BCUT2D eigenvalue weighted by atomic mass is 10.3. The highest BCUT2D eigenvalue weighted by Gasteiger charge is 2.07. The number of nitrogens with one attached hydrogen (secondary N) is 1. The molecule has 2 aromatic rings. The predicted octanol–water partition coefficient (Wildman–Crippen LogP) is 2.28. The zero-order valence-electron chi connectivity index (χ0n) is 10.2. The molecule has 2 heterocycles. The molecule has 0 aromatic carbocycles. The van der Waals surface area contributed by atoms with Crippen LogP contribution in [0.15, 0.2) is 18.5 Å². The van der Waals surface area contributed by atoms with Gasteiger partial charge in [-0.1, -0.05) is 18.3 Å². The van der Waals surface area contributed by atoms with E-state index >= 15 is 0 Å². The molecule has 0 atom stereocenters. The van der Waals surface area contributed by atoms with E-state index < -0.39 is 0 Å². The van der Waals surface area contributed by atoms with Crippen LogP contribution in [0.3, 0.4) is 0 Å². The molecule has 0 unspecified atom stereocenters. The van der Waals surface area contributed by atoms with Gasteiger partial charge in [0.15, 0.2) is 0 Å². The van der Waals surface area contributed by atoms with Crippen molar-refractivity contribution < 1.29 is 4.39 Å². The van der Waals surface area contributed by atoms with Crippen LogP contribution in [0.4, 0.5) is 4.39 Å². The van der Waals surface area contributed by atoms with Crippen LogP contribution in [-0.4, -0.2) is 28.3 Å². The molecule has 1 N–H and O–H groups in total. The van der Waals surface area contributed by atoms with Crippen molar-refractivity contribution in [1.82, 2.24) is 20.5 Å². The van der Waals surface area contributed by atoms with Gasteiger partial charge < -0.3 is 5.32 Å². The summed E-state index contributed by atoms with van der Waals surface area (Å²) >= 11 is 1.48. The molecule has 0 aliphatic carbocycles. The molecule has 0 fully saturated rings. The minimum Gasteiger partial charge on any atom is -0.316 e. The van der Waals surface area contributed by atoms with Crippen LogP contribution >= 0.6 is 11.3 Å². The number of hydrogen-bond acceptors (Lipinski definition) is 5. The topological polar surface area (TPSA) is 50.7 Å². The van der Waals surface area contributed by atoms with Crippen molar-refractivity contribution in [1.29, 1.82) is 0 Å². The van der Waals surface area contributed by atoms with E-state index in [1.807, 2.05) is 0 Å². The van der Waals surface area contributed by atoms with Gasteiger partial charge in [0.05, 0.1) is 6.20 Å². The molecular weight excluding hydrogens is 251 g/mol. The summed E-state index contributed by atoms with van der Waals surface area (Å²) in [5.74, 6) is -0.353. The summed E-state index contributed by atoms with van der Waals surface area (Å²) in [4.78, 5) is 3.81. The van der Waals surface area contributed by atoms with Gasteiger partial charge in [0, 0.05) is 24.7 Å². The van der Waals surface area contributed by atoms with E-state index in [1.54, 1.807) is 6.20 Å². The Morgan fingerprint density at radius 1 is 1.28 bits per heavy atom. The molecule has 0 bridgehead atoms. The van der Waals surface area contributed by atoms with E-state index in [2.05, 4.69) is 27.4 Å². The molecule has 0 spiro atoms. The smallest absolute Gasteiger partial charge is 0.149 e. The summed E-state index contributed by atoms with van der Waals surface area (Å²) in [7, 11) is 0. The highest BCUT2D eigenvalue weighted by Crippen LogP contribution is 2.23. The Kier molecular flexibility index (Phi) is 4.72. The van der Waals surface area contributed by atoms with E-state index in [9.17, 15) is 4.39 Å². The first-order valence-corrected chi connectivity index (χ1v) is 6.75. The number of rotatable bonds is 6. The molecule has 0 aliphatic heterocycles. The molecule has 4 nitrogen and oxygen atoms in total. The van der Waals surface area contributed by atoms with Crippen LogP contribution in [0.5, 0.6) is 0 Å². The molecule has 0 radical (unpaired) electrons. The van der Waals surface area contributed by atoms with E-state index in [4.69, 9.17) is 0 Å².